The van der Waals surface area contributed by atoms with Crippen molar-refractivity contribution in [2.24, 2.45) is 0 Å². The van der Waals surface area contributed by atoms with Crippen LogP contribution in [-0.2, 0) is 0 Å². The number of benzene rings is 3. The zero-order chi connectivity index (χ0) is 15.6. The van der Waals surface area contributed by atoms with Crippen LogP contribution in [0.3, 0.4) is 0 Å². The van der Waals surface area contributed by atoms with Gasteiger partial charge in [0.15, 0.2) is 0 Å². The SMILES string of the molecule is N#Cc1ccc(-c2cn(-c3ccccc3)c3ccccc23)cc1. The van der Waals surface area contributed by atoms with E-state index in [1.54, 1.807) is 0 Å². The van der Waals surface area contributed by atoms with Gasteiger partial charge in [0.25, 0.3) is 0 Å². The van der Waals surface area contributed by atoms with Gasteiger partial charge in [-0.15, -0.1) is 0 Å². The van der Waals surface area contributed by atoms with Crippen molar-refractivity contribution in [3.05, 3.63) is 90.6 Å². The quantitative estimate of drug-likeness (QED) is 0.501. The molecule has 0 aliphatic carbocycles. The fraction of sp³-hybridized carbons (Fsp3) is 0. The van der Waals surface area contributed by atoms with E-state index in [0.717, 1.165) is 11.3 Å². The molecule has 0 saturated carbocycles. The Morgan fingerprint density at radius 1 is 0.739 bits per heavy atom. The molecule has 23 heavy (non-hydrogen) atoms. The van der Waals surface area contributed by atoms with Crippen LogP contribution in [-0.4, -0.2) is 4.57 Å². The summed E-state index contributed by atoms with van der Waals surface area (Å²) in [6.07, 6.45) is 2.17. The zero-order valence-electron chi connectivity index (χ0n) is 12.5. The maximum absolute atomic E-state index is 8.97. The van der Waals surface area contributed by atoms with Gasteiger partial charge in [0, 0.05) is 22.8 Å². The van der Waals surface area contributed by atoms with Crippen molar-refractivity contribution >= 4 is 10.9 Å². The molecule has 0 amide bonds. The van der Waals surface area contributed by atoms with Gasteiger partial charge in [-0.1, -0.05) is 48.5 Å². The first kappa shape index (κ1) is 13.4. The van der Waals surface area contributed by atoms with E-state index in [1.165, 1.54) is 16.5 Å². The normalized spacial score (nSPS) is 10.6. The van der Waals surface area contributed by atoms with Crippen molar-refractivity contribution in [1.82, 2.24) is 4.57 Å². The second-order valence-corrected chi connectivity index (χ2v) is 5.45. The molecule has 2 heteroatoms. The van der Waals surface area contributed by atoms with Gasteiger partial charge in [-0.25, -0.2) is 0 Å². The molecule has 0 radical (unpaired) electrons. The summed E-state index contributed by atoms with van der Waals surface area (Å²) in [5.41, 5.74) is 5.30. The van der Waals surface area contributed by atoms with Gasteiger partial charge in [-0.3, -0.25) is 0 Å². The van der Waals surface area contributed by atoms with Crippen LogP contribution in [0.2, 0.25) is 0 Å². The lowest BCUT2D eigenvalue weighted by molar-refractivity contribution is 1.13. The highest BCUT2D eigenvalue weighted by molar-refractivity contribution is 5.97. The Balaban J connectivity index is 1.96. The Kier molecular flexibility index (Phi) is 3.18. The molecule has 0 aliphatic rings. The van der Waals surface area contributed by atoms with E-state index >= 15 is 0 Å². The van der Waals surface area contributed by atoms with Crippen molar-refractivity contribution < 1.29 is 0 Å². The predicted molar refractivity (Wildman–Crippen MR) is 93.4 cm³/mol. The molecule has 0 spiro atoms. The van der Waals surface area contributed by atoms with Crippen LogP contribution < -0.4 is 0 Å². The van der Waals surface area contributed by atoms with E-state index in [9.17, 15) is 0 Å². The summed E-state index contributed by atoms with van der Waals surface area (Å²) < 4.78 is 2.21. The number of para-hydroxylation sites is 2. The molecule has 0 unspecified atom stereocenters. The largest absolute Gasteiger partial charge is 0.316 e. The van der Waals surface area contributed by atoms with E-state index in [0.29, 0.717) is 5.56 Å². The van der Waals surface area contributed by atoms with Gasteiger partial charge in [0.1, 0.15) is 0 Å². The monoisotopic (exact) mass is 294 g/mol. The van der Waals surface area contributed by atoms with Gasteiger partial charge in [-0.05, 0) is 35.9 Å². The fourth-order valence-electron chi connectivity index (χ4n) is 2.94. The topological polar surface area (TPSA) is 28.7 Å². The third-order valence-electron chi connectivity index (χ3n) is 4.07. The van der Waals surface area contributed by atoms with Crippen molar-refractivity contribution in [3.8, 4) is 22.9 Å². The summed E-state index contributed by atoms with van der Waals surface area (Å²) in [4.78, 5) is 0. The van der Waals surface area contributed by atoms with Crippen LogP contribution in [0.15, 0.2) is 85.1 Å². The Morgan fingerprint density at radius 2 is 1.43 bits per heavy atom. The Labute approximate surface area is 134 Å². The van der Waals surface area contributed by atoms with E-state index in [2.05, 4.69) is 53.2 Å². The number of fused-ring (bicyclic) bond motifs is 1. The van der Waals surface area contributed by atoms with Crippen LogP contribution in [0, 0.1) is 11.3 Å². The van der Waals surface area contributed by atoms with Crippen LogP contribution >= 0.6 is 0 Å². The van der Waals surface area contributed by atoms with Gasteiger partial charge in [-0.2, -0.15) is 5.26 Å². The highest BCUT2D eigenvalue weighted by Gasteiger charge is 2.10. The van der Waals surface area contributed by atoms with E-state index in [1.807, 2.05) is 42.5 Å². The van der Waals surface area contributed by atoms with Crippen LogP contribution in [0.25, 0.3) is 27.7 Å². The summed E-state index contributed by atoms with van der Waals surface area (Å²) in [5.74, 6) is 0. The summed E-state index contributed by atoms with van der Waals surface area (Å²) in [5, 5.41) is 10.2. The zero-order valence-corrected chi connectivity index (χ0v) is 12.5. The first-order valence-electron chi connectivity index (χ1n) is 7.53. The van der Waals surface area contributed by atoms with E-state index in [4.69, 9.17) is 5.26 Å². The molecule has 0 fully saturated rings. The molecule has 1 heterocycles. The highest BCUT2D eigenvalue weighted by atomic mass is 15.0. The third-order valence-corrected chi connectivity index (χ3v) is 4.07. The van der Waals surface area contributed by atoms with E-state index in [-0.39, 0.29) is 0 Å². The maximum atomic E-state index is 8.97. The number of rotatable bonds is 2. The second kappa shape index (κ2) is 5.47. The molecule has 0 aliphatic heterocycles. The molecular weight excluding hydrogens is 280 g/mol. The lowest BCUT2D eigenvalue weighted by Gasteiger charge is -2.04. The molecule has 1 aromatic heterocycles. The molecule has 4 aromatic rings. The fourth-order valence-corrected chi connectivity index (χ4v) is 2.94. The number of hydrogen-bond acceptors (Lipinski definition) is 1. The molecule has 108 valence electrons. The molecular formula is C21H14N2. The standard InChI is InChI=1S/C21H14N2/c22-14-16-10-12-17(13-11-16)20-15-23(18-6-2-1-3-7-18)21-9-5-4-8-19(20)21/h1-13,15H. The van der Waals surface area contributed by atoms with Crippen molar-refractivity contribution in [2.45, 2.75) is 0 Å². The van der Waals surface area contributed by atoms with E-state index < -0.39 is 0 Å². The van der Waals surface area contributed by atoms with Crippen LogP contribution in [0.4, 0.5) is 0 Å². The summed E-state index contributed by atoms with van der Waals surface area (Å²) in [6.45, 7) is 0. The first-order chi connectivity index (χ1) is 11.4. The average Bonchev–Trinajstić information content (AvgIpc) is 3.02. The summed E-state index contributed by atoms with van der Waals surface area (Å²) >= 11 is 0. The summed E-state index contributed by atoms with van der Waals surface area (Å²) in [7, 11) is 0. The van der Waals surface area contributed by atoms with Gasteiger partial charge in [0.2, 0.25) is 0 Å². The Hall–Kier alpha value is -3.31. The third kappa shape index (κ3) is 2.29. The minimum absolute atomic E-state index is 0.681. The summed E-state index contributed by atoms with van der Waals surface area (Å²) in [6, 6.07) is 28.6. The Morgan fingerprint density at radius 3 is 2.17 bits per heavy atom. The van der Waals surface area contributed by atoms with Gasteiger partial charge >= 0.3 is 0 Å². The number of hydrogen-bond donors (Lipinski definition) is 0. The highest BCUT2D eigenvalue weighted by Crippen LogP contribution is 2.32. The van der Waals surface area contributed by atoms with Gasteiger partial charge in [0.05, 0.1) is 17.1 Å². The minimum atomic E-state index is 0.681. The number of nitriles is 1. The van der Waals surface area contributed by atoms with Crippen LogP contribution in [0.5, 0.6) is 0 Å². The van der Waals surface area contributed by atoms with Crippen molar-refractivity contribution in [3.63, 3.8) is 0 Å². The molecule has 0 atom stereocenters. The molecule has 3 aromatic carbocycles. The minimum Gasteiger partial charge on any atom is -0.316 e. The number of nitrogens with zero attached hydrogens (tertiary/aromatic N) is 2. The molecule has 0 saturated heterocycles. The first-order valence-corrected chi connectivity index (χ1v) is 7.53. The Bertz CT molecular complexity index is 1000. The number of aromatic nitrogens is 1. The second-order valence-electron chi connectivity index (χ2n) is 5.45. The molecule has 4 rings (SSSR count). The maximum Gasteiger partial charge on any atom is 0.0991 e. The lowest BCUT2D eigenvalue weighted by Crippen LogP contribution is -1.90. The molecule has 0 N–H and O–H groups in total. The predicted octanol–water partition coefficient (Wildman–Crippen LogP) is 5.17. The average molecular weight is 294 g/mol. The van der Waals surface area contributed by atoms with Gasteiger partial charge < -0.3 is 4.57 Å². The lowest BCUT2D eigenvalue weighted by atomic mass is 10.0. The van der Waals surface area contributed by atoms with Crippen molar-refractivity contribution in [2.75, 3.05) is 0 Å². The molecule has 2 nitrogen and oxygen atoms in total. The smallest absolute Gasteiger partial charge is 0.0991 e. The molecule has 0 bridgehead atoms. The van der Waals surface area contributed by atoms with Crippen molar-refractivity contribution in [1.29, 1.82) is 5.26 Å². The van der Waals surface area contributed by atoms with Crippen LogP contribution in [0.1, 0.15) is 5.56 Å².